The Hall–Kier alpha value is -2.81. The molecule has 0 bridgehead atoms. The van der Waals surface area contributed by atoms with E-state index in [2.05, 4.69) is 27.5 Å². The maximum atomic E-state index is 12.8. The fourth-order valence-corrected chi connectivity index (χ4v) is 3.39. The quantitative estimate of drug-likeness (QED) is 0.275. The number of para-hydroxylation sites is 1. The van der Waals surface area contributed by atoms with Crippen LogP contribution in [0.3, 0.4) is 0 Å². The third-order valence-electron chi connectivity index (χ3n) is 4.21. The van der Waals surface area contributed by atoms with Crippen LogP contribution in [-0.4, -0.2) is 28.2 Å². The smallest absolute Gasteiger partial charge is 0.369 e. The van der Waals surface area contributed by atoms with E-state index in [1.54, 1.807) is 0 Å². The molecule has 2 aromatic carbocycles. The summed E-state index contributed by atoms with van der Waals surface area (Å²) in [6, 6.07) is 12.1. The number of thioether (sulfide) groups is 1. The van der Waals surface area contributed by atoms with E-state index < -0.39 is 17.6 Å². The van der Waals surface area contributed by atoms with Gasteiger partial charge in [0.25, 0.3) is 0 Å². The predicted molar refractivity (Wildman–Crippen MR) is 114 cm³/mol. The monoisotopic (exact) mass is 434 g/mol. The largest absolute Gasteiger partial charge is 0.416 e. The minimum absolute atomic E-state index is 0.0248. The van der Waals surface area contributed by atoms with Gasteiger partial charge in [-0.1, -0.05) is 43.3 Å². The van der Waals surface area contributed by atoms with Crippen LogP contribution in [0.25, 0.3) is 10.9 Å². The Morgan fingerprint density at radius 3 is 2.67 bits per heavy atom. The fourth-order valence-electron chi connectivity index (χ4n) is 2.74. The van der Waals surface area contributed by atoms with Crippen molar-refractivity contribution in [3.63, 3.8) is 0 Å². The molecule has 0 aliphatic rings. The molecule has 0 atom stereocenters. The number of aromatic nitrogens is 2. The number of alkyl halides is 3. The second kappa shape index (κ2) is 9.80. The lowest BCUT2D eigenvalue weighted by Gasteiger charge is -2.11. The Morgan fingerprint density at radius 2 is 1.90 bits per heavy atom. The lowest BCUT2D eigenvalue weighted by molar-refractivity contribution is -0.137. The summed E-state index contributed by atoms with van der Waals surface area (Å²) in [7, 11) is 0. The molecule has 158 valence electrons. The van der Waals surface area contributed by atoms with Gasteiger partial charge in [0, 0.05) is 17.6 Å². The molecule has 3 rings (SSSR count). The van der Waals surface area contributed by atoms with E-state index in [-0.39, 0.29) is 11.4 Å². The van der Waals surface area contributed by atoms with Crippen molar-refractivity contribution in [3.05, 3.63) is 54.1 Å². The van der Waals surface area contributed by atoms with Crippen LogP contribution in [0.5, 0.6) is 0 Å². The molecule has 0 spiro atoms. The van der Waals surface area contributed by atoms with E-state index >= 15 is 0 Å². The topological polar surface area (TPSA) is 66.9 Å². The summed E-state index contributed by atoms with van der Waals surface area (Å²) in [5.41, 5.74) is 0.0395. The van der Waals surface area contributed by atoms with Crippen molar-refractivity contribution in [1.29, 1.82) is 0 Å². The summed E-state index contributed by atoms with van der Waals surface area (Å²) >= 11 is 1.13. The van der Waals surface area contributed by atoms with E-state index in [1.807, 2.05) is 24.3 Å². The van der Waals surface area contributed by atoms with Crippen molar-refractivity contribution in [3.8, 4) is 0 Å². The number of nitrogens with one attached hydrogen (secondary N) is 2. The minimum Gasteiger partial charge on any atom is -0.369 e. The van der Waals surface area contributed by atoms with E-state index in [4.69, 9.17) is 0 Å². The molecule has 0 saturated carbocycles. The van der Waals surface area contributed by atoms with Gasteiger partial charge >= 0.3 is 6.18 Å². The number of carbonyl (C=O) groups is 1. The SMILES string of the molecule is CCCCNc1nc(SCC(=O)Nc2cccc(C(F)(F)F)c2)nc2ccccc12. The zero-order valence-corrected chi connectivity index (χ0v) is 17.1. The molecule has 1 heterocycles. The first-order valence-electron chi connectivity index (χ1n) is 9.47. The Balaban J connectivity index is 1.68. The summed E-state index contributed by atoms with van der Waals surface area (Å²) in [6.45, 7) is 2.88. The normalized spacial score (nSPS) is 11.5. The van der Waals surface area contributed by atoms with Crippen LogP contribution in [0, 0.1) is 0 Å². The van der Waals surface area contributed by atoms with Crippen molar-refractivity contribution in [1.82, 2.24) is 9.97 Å². The second-order valence-corrected chi connectivity index (χ2v) is 7.51. The molecule has 9 heteroatoms. The Morgan fingerprint density at radius 1 is 1.10 bits per heavy atom. The molecule has 1 aromatic heterocycles. The van der Waals surface area contributed by atoms with Crippen molar-refractivity contribution in [2.24, 2.45) is 0 Å². The predicted octanol–water partition coefficient (Wildman–Crippen LogP) is 5.59. The zero-order valence-electron chi connectivity index (χ0n) is 16.3. The maximum Gasteiger partial charge on any atom is 0.416 e. The molecule has 0 aliphatic carbocycles. The molecule has 0 fully saturated rings. The molecule has 1 amide bonds. The Kier molecular flexibility index (Phi) is 7.15. The third-order valence-corrected chi connectivity index (χ3v) is 5.06. The van der Waals surface area contributed by atoms with Gasteiger partial charge in [-0.15, -0.1) is 0 Å². The highest BCUT2D eigenvalue weighted by Gasteiger charge is 2.30. The van der Waals surface area contributed by atoms with Gasteiger partial charge in [-0.05, 0) is 36.8 Å². The Bertz CT molecular complexity index is 1030. The van der Waals surface area contributed by atoms with Gasteiger partial charge in [0.05, 0.1) is 16.8 Å². The molecule has 0 radical (unpaired) electrons. The molecule has 3 aromatic rings. The first kappa shape index (κ1) is 21.9. The molecule has 0 unspecified atom stereocenters. The zero-order chi connectivity index (χ0) is 21.6. The minimum atomic E-state index is -4.46. The van der Waals surface area contributed by atoms with Gasteiger partial charge in [-0.2, -0.15) is 13.2 Å². The number of carbonyl (C=O) groups excluding carboxylic acids is 1. The van der Waals surface area contributed by atoms with Gasteiger partial charge in [0.15, 0.2) is 5.16 Å². The van der Waals surface area contributed by atoms with Gasteiger partial charge in [0.2, 0.25) is 5.91 Å². The number of amides is 1. The number of fused-ring (bicyclic) bond motifs is 1. The number of unbranched alkanes of at least 4 members (excludes halogenated alkanes) is 1. The summed E-state index contributed by atoms with van der Waals surface area (Å²) in [6.07, 6.45) is -2.41. The number of benzene rings is 2. The van der Waals surface area contributed by atoms with E-state index in [1.165, 1.54) is 12.1 Å². The third kappa shape index (κ3) is 5.85. The van der Waals surface area contributed by atoms with Crippen LogP contribution in [0.15, 0.2) is 53.7 Å². The van der Waals surface area contributed by atoms with Gasteiger partial charge in [-0.25, -0.2) is 9.97 Å². The fraction of sp³-hybridized carbons (Fsp3) is 0.286. The van der Waals surface area contributed by atoms with Crippen molar-refractivity contribution in [2.75, 3.05) is 22.9 Å². The average molecular weight is 434 g/mol. The summed E-state index contributed by atoms with van der Waals surface area (Å²) in [4.78, 5) is 21.2. The van der Waals surface area contributed by atoms with Crippen molar-refractivity contribution >= 4 is 40.1 Å². The molecule has 0 aliphatic heterocycles. The standard InChI is InChI=1S/C21H21F3N4OS/c1-2-3-11-25-19-16-9-4-5-10-17(16)27-20(28-19)30-13-18(29)26-15-8-6-7-14(12-15)21(22,23)24/h4-10,12H,2-3,11,13H2,1H3,(H,26,29)(H,25,27,28). The van der Waals surface area contributed by atoms with Gasteiger partial charge in [-0.3, -0.25) is 4.79 Å². The highest BCUT2D eigenvalue weighted by molar-refractivity contribution is 7.99. The van der Waals surface area contributed by atoms with Crippen LogP contribution >= 0.6 is 11.8 Å². The maximum absolute atomic E-state index is 12.8. The summed E-state index contributed by atoms with van der Waals surface area (Å²) in [5, 5.41) is 7.11. The highest BCUT2D eigenvalue weighted by atomic mass is 32.2. The molecule has 2 N–H and O–H groups in total. The first-order chi connectivity index (χ1) is 14.4. The number of halogens is 3. The number of anilines is 2. The van der Waals surface area contributed by atoms with E-state index in [9.17, 15) is 18.0 Å². The average Bonchev–Trinajstić information content (AvgIpc) is 2.72. The van der Waals surface area contributed by atoms with Crippen LogP contribution in [0.4, 0.5) is 24.7 Å². The Labute approximate surface area is 176 Å². The van der Waals surface area contributed by atoms with Crippen LogP contribution in [0.2, 0.25) is 0 Å². The molecule has 0 saturated heterocycles. The van der Waals surface area contributed by atoms with Crippen LogP contribution in [0.1, 0.15) is 25.3 Å². The molecular formula is C21H21F3N4OS. The lowest BCUT2D eigenvalue weighted by atomic mass is 10.2. The molecule has 5 nitrogen and oxygen atoms in total. The van der Waals surface area contributed by atoms with Gasteiger partial charge in [0.1, 0.15) is 5.82 Å². The molecule has 30 heavy (non-hydrogen) atoms. The summed E-state index contributed by atoms with van der Waals surface area (Å²) in [5.74, 6) is 0.245. The first-order valence-corrected chi connectivity index (χ1v) is 10.5. The van der Waals surface area contributed by atoms with Crippen LogP contribution < -0.4 is 10.6 Å². The van der Waals surface area contributed by atoms with Crippen molar-refractivity contribution < 1.29 is 18.0 Å². The van der Waals surface area contributed by atoms with E-state index in [0.717, 1.165) is 54.2 Å². The number of rotatable bonds is 8. The number of hydrogen-bond acceptors (Lipinski definition) is 5. The summed E-state index contributed by atoms with van der Waals surface area (Å²) < 4.78 is 38.4. The number of hydrogen-bond donors (Lipinski definition) is 2. The van der Waals surface area contributed by atoms with Crippen molar-refractivity contribution in [2.45, 2.75) is 31.1 Å². The van der Waals surface area contributed by atoms with E-state index in [0.29, 0.717) is 11.0 Å². The molecular weight excluding hydrogens is 413 g/mol. The van der Waals surface area contributed by atoms with Crippen LogP contribution in [-0.2, 0) is 11.0 Å². The highest BCUT2D eigenvalue weighted by Crippen LogP contribution is 2.31. The number of nitrogens with zero attached hydrogens (tertiary/aromatic N) is 2. The van der Waals surface area contributed by atoms with Gasteiger partial charge < -0.3 is 10.6 Å². The second-order valence-electron chi connectivity index (χ2n) is 6.57. The lowest BCUT2D eigenvalue weighted by Crippen LogP contribution is -2.15.